The van der Waals surface area contributed by atoms with Crippen LogP contribution in [0.4, 0.5) is 0 Å². The summed E-state index contributed by atoms with van der Waals surface area (Å²) in [5, 5.41) is 3.81. The van der Waals surface area contributed by atoms with E-state index in [0.29, 0.717) is 0 Å². The highest BCUT2D eigenvalue weighted by Gasteiger charge is 2.15. The average Bonchev–Trinajstić information content (AvgIpc) is 3.23. The third-order valence-corrected chi connectivity index (χ3v) is 7.47. The van der Waals surface area contributed by atoms with Gasteiger partial charge in [0.1, 0.15) is 4.83 Å². The number of para-hydroxylation sites is 1. The lowest BCUT2D eigenvalue weighted by Gasteiger charge is -2.05. The maximum atomic E-state index is 3.87. The Morgan fingerprint density at radius 1 is 0.667 bits per heavy atom. The summed E-state index contributed by atoms with van der Waals surface area (Å²) < 4.78 is 4.86. The Morgan fingerprint density at radius 2 is 1.41 bits per heavy atom. The summed E-state index contributed by atoms with van der Waals surface area (Å²) in [5.41, 5.74) is 5.02. The minimum Gasteiger partial charge on any atom is -0.299 e. The number of benzene rings is 4. The molecule has 128 valence electrons. The topological polar surface area (TPSA) is 4.41 Å². The summed E-state index contributed by atoms with van der Waals surface area (Å²) >= 11 is 5.70. The lowest BCUT2D eigenvalue weighted by Crippen LogP contribution is -1.82. The molecule has 0 spiro atoms. The van der Waals surface area contributed by atoms with Crippen LogP contribution in [0.25, 0.3) is 47.8 Å². The summed E-state index contributed by atoms with van der Waals surface area (Å²) in [6, 6.07) is 30.6. The Bertz CT molecular complexity index is 1490. The second kappa shape index (κ2) is 5.69. The molecule has 0 radical (unpaired) electrons. The number of halogens is 1. The molecule has 2 heterocycles. The van der Waals surface area contributed by atoms with Crippen molar-refractivity contribution in [2.75, 3.05) is 0 Å². The molecule has 6 rings (SSSR count). The molecule has 0 aliphatic heterocycles. The van der Waals surface area contributed by atoms with Crippen molar-refractivity contribution in [3.63, 3.8) is 0 Å². The fraction of sp³-hybridized carbons (Fsp3) is 0. The lowest BCUT2D eigenvalue weighted by atomic mass is 10.0. The first-order valence-electron chi connectivity index (χ1n) is 8.90. The summed E-state index contributed by atoms with van der Waals surface area (Å²) in [6.45, 7) is 0. The third kappa shape index (κ3) is 2.22. The molecule has 0 fully saturated rings. The van der Waals surface area contributed by atoms with Crippen molar-refractivity contribution in [3.8, 4) is 11.1 Å². The van der Waals surface area contributed by atoms with E-state index in [4.69, 9.17) is 0 Å². The number of thiazole rings is 1. The molecule has 0 aliphatic carbocycles. The standard InChI is InChI=1S/C24H14BrNS/c25-23-19-14-18(17-10-9-15-5-1-2-6-16(15)13-17)11-12-20(19)26-21-7-3-4-8-22(21)27-24(23)26/h1-14H. The van der Waals surface area contributed by atoms with Crippen LogP contribution in [0.1, 0.15) is 0 Å². The van der Waals surface area contributed by atoms with Gasteiger partial charge in [0, 0.05) is 5.39 Å². The first-order valence-corrected chi connectivity index (χ1v) is 10.5. The largest absolute Gasteiger partial charge is 0.299 e. The summed E-state index contributed by atoms with van der Waals surface area (Å²) in [5.74, 6) is 0. The van der Waals surface area contributed by atoms with Gasteiger partial charge >= 0.3 is 0 Å². The van der Waals surface area contributed by atoms with Gasteiger partial charge in [-0.3, -0.25) is 4.40 Å². The van der Waals surface area contributed by atoms with Crippen LogP contribution in [0.3, 0.4) is 0 Å². The number of hydrogen-bond acceptors (Lipinski definition) is 1. The highest BCUT2D eigenvalue weighted by molar-refractivity contribution is 9.11. The first-order chi connectivity index (χ1) is 13.3. The molecule has 0 atom stereocenters. The molecule has 0 bridgehead atoms. The van der Waals surface area contributed by atoms with Gasteiger partial charge in [-0.05, 0) is 68.2 Å². The van der Waals surface area contributed by atoms with Crippen LogP contribution in [0, 0.1) is 0 Å². The van der Waals surface area contributed by atoms with Crippen LogP contribution in [0.15, 0.2) is 89.4 Å². The summed E-state index contributed by atoms with van der Waals surface area (Å²) in [6.07, 6.45) is 0. The van der Waals surface area contributed by atoms with E-state index in [1.54, 1.807) is 0 Å². The van der Waals surface area contributed by atoms with Gasteiger partial charge in [0.05, 0.1) is 20.2 Å². The number of rotatable bonds is 1. The number of fused-ring (bicyclic) bond motifs is 6. The second-order valence-electron chi connectivity index (χ2n) is 6.82. The number of hydrogen-bond donors (Lipinski definition) is 0. The quantitative estimate of drug-likeness (QED) is 0.251. The molecule has 3 heteroatoms. The minimum atomic E-state index is 1.18. The number of aromatic nitrogens is 1. The zero-order chi connectivity index (χ0) is 18.0. The van der Waals surface area contributed by atoms with Gasteiger partial charge < -0.3 is 0 Å². The van der Waals surface area contributed by atoms with Crippen LogP contribution in [0.2, 0.25) is 0 Å². The Labute approximate surface area is 168 Å². The van der Waals surface area contributed by atoms with E-state index in [0.717, 1.165) is 0 Å². The van der Waals surface area contributed by atoms with Gasteiger partial charge in [-0.2, -0.15) is 0 Å². The normalized spacial score (nSPS) is 11.9. The molecular formula is C24H14BrNS. The van der Waals surface area contributed by atoms with Crippen molar-refractivity contribution >= 4 is 64.0 Å². The van der Waals surface area contributed by atoms with Crippen molar-refractivity contribution in [2.24, 2.45) is 0 Å². The first kappa shape index (κ1) is 15.4. The van der Waals surface area contributed by atoms with Crippen LogP contribution < -0.4 is 0 Å². The SMILES string of the molecule is Brc1c2cc(-c3ccc4ccccc4c3)ccc2n2c1sc1ccccc12. The Balaban J connectivity index is 1.63. The molecule has 27 heavy (non-hydrogen) atoms. The molecule has 0 unspecified atom stereocenters. The lowest BCUT2D eigenvalue weighted by molar-refractivity contribution is 1.37. The maximum Gasteiger partial charge on any atom is 0.116 e. The Hall–Kier alpha value is -2.62. The fourth-order valence-electron chi connectivity index (χ4n) is 3.94. The van der Waals surface area contributed by atoms with E-state index in [1.165, 1.54) is 52.3 Å². The van der Waals surface area contributed by atoms with E-state index >= 15 is 0 Å². The van der Waals surface area contributed by atoms with E-state index in [-0.39, 0.29) is 0 Å². The molecule has 0 N–H and O–H groups in total. The predicted octanol–water partition coefficient (Wildman–Crippen LogP) is 7.89. The Kier molecular flexibility index (Phi) is 3.25. The van der Waals surface area contributed by atoms with E-state index in [2.05, 4.69) is 105 Å². The van der Waals surface area contributed by atoms with E-state index in [9.17, 15) is 0 Å². The zero-order valence-electron chi connectivity index (χ0n) is 14.3. The maximum absolute atomic E-state index is 3.87. The monoisotopic (exact) mass is 427 g/mol. The predicted molar refractivity (Wildman–Crippen MR) is 121 cm³/mol. The van der Waals surface area contributed by atoms with Gasteiger partial charge in [-0.15, -0.1) is 11.3 Å². The highest BCUT2D eigenvalue weighted by Crippen LogP contribution is 2.41. The molecule has 1 nitrogen and oxygen atoms in total. The highest BCUT2D eigenvalue weighted by atomic mass is 79.9. The molecule has 0 amide bonds. The Morgan fingerprint density at radius 3 is 2.33 bits per heavy atom. The van der Waals surface area contributed by atoms with Crippen molar-refractivity contribution in [1.82, 2.24) is 4.40 Å². The number of nitrogens with zero attached hydrogens (tertiary/aromatic N) is 1. The molecule has 2 aromatic heterocycles. The molecule has 0 saturated carbocycles. The van der Waals surface area contributed by atoms with Crippen molar-refractivity contribution < 1.29 is 0 Å². The molecular weight excluding hydrogens is 414 g/mol. The van der Waals surface area contributed by atoms with Gasteiger partial charge in [-0.25, -0.2) is 0 Å². The van der Waals surface area contributed by atoms with Crippen LogP contribution >= 0.6 is 27.3 Å². The minimum absolute atomic E-state index is 1.18. The molecule has 6 aromatic rings. The summed E-state index contributed by atoms with van der Waals surface area (Å²) in [7, 11) is 0. The van der Waals surface area contributed by atoms with Crippen molar-refractivity contribution in [1.29, 1.82) is 0 Å². The molecule has 0 saturated heterocycles. The van der Waals surface area contributed by atoms with Crippen molar-refractivity contribution in [2.45, 2.75) is 0 Å². The zero-order valence-corrected chi connectivity index (χ0v) is 16.7. The average molecular weight is 428 g/mol. The van der Waals surface area contributed by atoms with Gasteiger partial charge in [-0.1, -0.05) is 54.6 Å². The summed E-state index contributed by atoms with van der Waals surface area (Å²) in [4.78, 5) is 1.27. The van der Waals surface area contributed by atoms with Gasteiger partial charge in [0.15, 0.2) is 0 Å². The van der Waals surface area contributed by atoms with Crippen LogP contribution in [-0.4, -0.2) is 4.40 Å². The fourth-order valence-corrected chi connectivity index (χ4v) is 5.78. The van der Waals surface area contributed by atoms with E-state index in [1.807, 2.05) is 11.3 Å². The molecule has 4 aromatic carbocycles. The second-order valence-corrected chi connectivity index (χ2v) is 8.64. The van der Waals surface area contributed by atoms with Crippen molar-refractivity contribution in [3.05, 3.63) is 89.4 Å². The van der Waals surface area contributed by atoms with Gasteiger partial charge in [0.2, 0.25) is 0 Å². The third-order valence-electron chi connectivity index (χ3n) is 5.26. The van der Waals surface area contributed by atoms with Crippen LogP contribution in [0.5, 0.6) is 0 Å². The van der Waals surface area contributed by atoms with Crippen LogP contribution in [-0.2, 0) is 0 Å². The van der Waals surface area contributed by atoms with Gasteiger partial charge in [0.25, 0.3) is 0 Å². The smallest absolute Gasteiger partial charge is 0.116 e. The molecule has 0 aliphatic rings. The van der Waals surface area contributed by atoms with E-state index < -0.39 is 0 Å².